The number of hydrogen-bond acceptors (Lipinski definition) is 3. The van der Waals surface area contributed by atoms with Crippen LogP contribution < -0.4 is 10.6 Å². The highest BCUT2D eigenvalue weighted by molar-refractivity contribution is 5.95. The minimum Gasteiger partial charge on any atom is -0.374 e. The molecule has 5 heteroatoms. The average Bonchev–Trinajstić information content (AvgIpc) is 2.45. The molecule has 122 valence electrons. The van der Waals surface area contributed by atoms with Crippen LogP contribution in [0, 0.1) is 0 Å². The van der Waals surface area contributed by atoms with E-state index in [-0.39, 0.29) is 29.9 Å². The molecule has 2 amide bonds. The van der Waals surface area contributed by atoms with Crippen molar-refractivity contribution in [1.29, 1.82) is 0 Å². The third-order valence-electron chi connectivity index (χ3n) is 3.47. The number of nitrogens with zero attached hydrogens (tertiary/aromatic N) is 1. The molecule has 0 bridgehead atoms. The van der Waals surface area contributed by atoms with E-state index in [4.69, 9.17) is 0 Å². The van der Waals surface area contributed by atoms with Crippen molar-refractivity contribution in [3.63, 3.8) is 0 Å². The van der Waals surface area contributed by atoms with Gasteiger partial charge in [-0.3, -0.25) is 9.59 Å². The van der Waals surface area contributed by atoms with Crippen molar-refractivity contribution in [3.05, 3.63) is 29.8 Å². The van der Waals surface area contributed by atoms with E-state index < -0.39 is 0 Å². The Balaban J connectivity index is 2.86. The Morgan fingerprint density at radius 3 is 2.14 bits per heavy atom. The molecule has 22 heavy (non-hydrogen) atoms. The Hall–Kier alpha value is -2.04. The summed E-state index contributed by atoms with van der Waals surface area (Å²) >= 11 is 0. The molecule has 0 saturated carbocycles. The van der Waals surface area contributed by atoms with E-state index >= 15 is 0 Å². The first-order chi connectivity index (χ1) is 10.3. The van der Waals surface area contributed by atoms with Crippen LogP contribution in [0.15, 0.2) is 24.3 Å². The quantitative estimate of drug-likeness (QED) is 0.849. The zero-order valence-corrected chi connectivity index (χ0v) is 14.3. The molecule has 2 N–H and O–H groups in total. The molecule has 0 saturated heterocycles. The SMILES string of the molecule is CNC(=O)c1cccc(N[C@@H](C)C(=O)N(C(C)C)C(C)C)c1. The van der Waals surface area contributed by atoms with Gasteiger partial charge < -0.3 is 15.5 Å². The third kappa shape index (κ3) is 4.48. The minimum atomic E-state index is -0.357. The summed E-state index contributed by atoms with van der Waals surface area (Å²) in [7, 11) is 1.59. The molecule has 5 nitrogen and oxygen atoms in total. The fraction of sp³-hybridized carbons (Fsp3) is 0.529. The predicted molar refractivity (Wildman–Crippen MR) is 90.0 cm³/mol. The molecule has 0 aliphatic heterocycles. The standard InChI is InChI=1S/C17H27N3O2/c1-11(2)20(12(3)4)17(22)13(5)19-15-9-7-8-14(10-15)16(21)18-6/h7-13,19H,1-6H3,(H,18,21)/t13-/m0/s1. The lowest BCUT2D eigenvalue weighted by atomic mass is 10.1. The maximum atomic E-state index is 12.6. The Morgan fingerprint density at radius 2 is 1.64 bits per heavy atom. The van der Waals surface area contributed by atoms with Gasteiger partial charge in [-0.2, -0.15) is 0 Å². The lowest BCUT2D eigenvalue weighted by molar-refractivity contribution is -0.135. The van der Waals surface area contributed by atoms with Gasteiger partial charge in [-0.15, -0.1) is 0 Å². The van der Waals surface area contributed by atoms with Crippen molar-refractivity contribution in [3.8, 4) is 0 Å². The van der Waals surface area contributed by atoms with E-state index in [1.807, 2.05) is 45.6 Å². The topological polar surface area (TPSA) is 61.4 Å². The monoisotopic (exact) mass is 305 g/mol. The van der Waals surface area contributed by atoms with E-state index in [0.717, 1.165) is 5.69 Å². The molecule has 0 radical (unpaired) electrons. The minimum absolute atomic E-state index is 0.0512. The van der Waals surface area contributed by atoms with Gasteiger partial charge in [-0.25, -0.2) is 0 Å². The van der Waals surface area contributed by atoms with Crippen LogP contribution in [0.25, 0.3) is 0 Å². The van der Waals surface area contributed by atoms with Crippen LogP contribution in [-0.4, -0.2) is 41.9 Å². The fourth-order valence-corrected chi connectivity index (χ4v) is 2.54. The summed E-state index contributed by atoms with van der Waals surface area (Å²) in [5, 5.41) is 5.77. The molecule has 0 fully saturated rings. The summed E-state index contributed by atoms with van der Waals surface area (Å²) in [4.78, 5) is 26.1. The van der Waals surface area contributed by atoms with Crippen LogP contribution in [-0.2, 0) is 4.79 Å². The van der Waals surface area contributed by atoms with Crippen LogP contribution in [0.3, 0.4) is 0 Å². The summed E-state index contributed by atoms with van der Waals surface area (Å²) in [5.74, 6) is -0.0936. The average molecular weight is 305 g/mol. The van der Waals surface area contributed by atoms with Gasteiger partial charge in [0.15, 0.2) is 0 Å². The highest BCUT2D eigenvalue weighted by Gasteiger charge is 2.25. The van der Waals surface area contributed by atoms with Gasteiger partial charge in [0.1, 0.15) is 6.04 Å². The molecule has 0 spiro atoms. The number of benzene rings is 1. The fourth-order valence-electron chi connectivity index (χ4n) is 2.54. The molecule has 1 aromatic carbocycles. The lowest BCUT2D eigenvalue weighted by Crippen LogP contribution is -2.48. The van der Waals surface area contributed by atoms with Crippen molar-refractivity contribution in [2.75, 3.05) is 12.4 Å². The molecular formula is C17H27N3O2. The van der Waals surface area contributed by atoms with Gasteiger partial charge in [-0.05, 0) is 52.8 Å². The highest BCUT2D eigenvalue weighted by atomic mass is 16.2. The van der Waals surface area contributed by atoms with Gasteiger partial charge >= 0.3 is 0 Å². The van der Waals surface area contributed by atoms with Crippen molar-refractivity contribution < 1.29 is 9.59 Å². The van der Waals surface area contributed by atoms with Gasteiger partial charge in [0, 0.05) is 30.4 Å². The summed E-state index contributed by atoms with van der Waals surface area (Å²) in [5.41, 5.74) is 1.33. The molecular weight excluding hydrogens is 278 g/mol. The second-order valence-corrected chi connectivity index (χ2v) is 5.96. The van der Waals surface area contributed by atoms with Crippen LogP contribution in [0.5, 0.6) is 0 Å². The molecule has 0 aromatic heterocycles. The van der Waals surface area contributed by atoms with Gasteiger partial charge in [-0.1, -0.05) is 6.07 Å². The maximum Gasteiger partial charge on any atom is 0.251 e. The Bertz CT molecular complexity index is 518. The molecule has 1 rings (SSSR count). The molecule has 1 aromatic rings. The Labute approximate surface area is 133 Å². The van der Waals surface area contributed by atoms with E-state index in [9.17, 15) is 9.59 Å². The number of rotatable bonds is 6. The lowest BCUT2D eigenvalue weighted by Gasteiger charge is -2.33. The first-order valence-electron chi connectivity index (χ1n) is 7.68. The van der Waals surface area contributed by atoms with Crippen molar-refractivity contribution >= 4 is 17.5 Å². The first-order valence-corrected chi connectivity index (χ1v) is 7.68. The largest absolute Gasteiger partial charge is 0.374 e. The summed E-state index contributed by atoms with van der Waals surface area (Å²) in [6.45, 7) is 9.88. The van der Waals surface area contributed by atoms with Crippen molar-refractivity contribution in [1.82, 2.24) is 10.2 Å². The van der Waals surface area contributed by atoms with Gasteiger partial charge in [0.25, 0.3) is 5.91 Å². The van der Waals surface area contributed by atoms with Gasteiger partial charge in [0.05, 0.1) is 0 Å². The van der Waals surface area contributed by atoms with Crippen molar-refractivity contribution in [2.45, 2.75) is 52.7 Å². The number of carbonyl (C=O) groups excluding carboxylic acids is 2. The van der Waals surface area contributed by atoms with E-state index in [1.165, 1.54) is 0 Å². The highest BCUT2D eigenvalue weighted by Crippen LogP contribution is 2.14. The predicted octanol–water partition coefficient (Wildman–Crippen LogP) is 2.49. The molecule has 0 aliphatic carbocycles. The van der Waals surface area contributed by atoms with E-state index in [1.54, 1.807) is 25.2 Å². The van der Waals surface area contributed by atoms with Crippen LogP contribution in [0.1, 0.15) is 45.0 Å². The van der Waals surface area contributed by atoms with Crippen molar-refractivity contribution in [2.24, 2.45) is 0 Å². The van der Waals surface area contributed by atoms with Gasteiger partial charge in [0.2, 0.25) is 5.91 Å². The molecule has 0 heterocycles. The molecule has 0 aliphatic rings. The Kier molecular flexibility index (Phi) is 6.40. The number of hydrogen-bond donors (Lipinski definition) is 2. The van der Waals surface area contributed by atoms with Crippen LogP contribution in [0.4, 0.5) is 5.69 Å². The second-order valence-electron chi connectivity index (χ2n) is 5.96. The third-order valence-corrected chi connectivity index (χ3v) is 3.47. The summed E-state index contributed by atoms with van der Waals surface area (Å²) < 4.78 is 0. The number of anilines is 1. The summed E-state index contributed by atoms with van der Waals surface area (Å²) in [6, 6.07) is 7.08. The normalized spacial score (nSPS) is 12.2. The maximum absolute atomic E-state index is 12.6. The van der Waals surface area contributed by atoms with Crippen LogP contribution in [0.2, 0.25) is 0 Å². The number of nitrogens with one attached hydrogen (secondary N) is 2. The second kappa shape index (κ2) is 7.82. The molecule has 0 unspecified atom stereocenters. The van der Waals surface area contributed by atoms with E-state index in [2.05, 4.69) is 10.6 Å². The zero-order chi connectivity index (χ0) is 16.9. The van der Waals surface area contributed by atoms with Crippen LogP contribution >= 0.6 is 0 Å². The number of carbonyl (C=O) groups is 2. The Morgan fingerprint density at radius 1 is 1.05 bits per heavy atom. The first kappa shape index (κ1) is 18.0. The zero-order valence-electron chi connectivity index (χ0n) is 14.3. The molecule has 1 atom stereocenters. The smallest absolute Gasteiger partial charge is 0.251 e. The van der Waals surface area contributed by atoms with E-state index in [0.29, 0.717) is 5.56 Å². The number of amides is 2. The summed E-state index contributed by atoms with van der Waals surface area (Å²) in [6.07, 6.45) is 0.